The highest BCUT2D eigenvalue weighted by Gasteiger charge is 2.13. The summed E-state index contributed by atoms with van der Waals surface area (Å²) in [6.45, 7) is 0. The molecule has 0 aliphatic carbocycles. The lowest BCUT2D eigenvalue weighted by Crippen LogP contribution is -2.15. The topological polar surface area (TPSA) is 91.2 Å². The van der Waals surface area contributed by atoms with Gasteiger partial charge in [0.25, 0.3) is 5.91 Å². The molecule has 1 atom stereocenters. The van der Waals surface area contributed by atoms with Crippen molar-refractivity contribution in [3.05, 3.63) is 53.6 Å². The molecule has 1 amide bonds. The Hall–Kier alpha value is -2.85. The molecule has 1 unspecified atom stereocenters. The molecule has 0 heterocycles. The quantitative estimate of drug-likeness (QED) is 0.882. The second-order valence-electron chi connectivity index (χ2n) is 4.58. The fourth-order valence-electron chi connectivity index (χ4n) is 2.00. The second-order valence-corrected chi connectivity index (χ2v) is 5.70. The fourth-order valence-corrected chi connectivity index (χ4v) is 2.48. The van der Waals surface area contributed by atoms with Crippen LogP contribution in [0.4, 0.5) is 11.4 Å². The van der Waals surface area contributed by atoms with Crippen LogP contribution in [0.1, 0.15) is 15.9 Å². The maximum Gasteiger partial charge on any atom is 0.257 e. The monoisotopic (exact) mass is 329 g/mol. The third-order valence-electron chi connectivity index (χ3n) is 3.00. The molecule has 2 N–H and O–H groups in total. The predicted octanol–water partition coefficient (Wildman–Crippen LogP) is 2.52. The number of benzene rings is 2. The van der Waals surface area contributed by atoms with Crippen molar-refractivity contribution in [3.8, 4) is 11.8 Å². The normalized spacial score (nSPS) is 11.2. The lowest BCUT2D eigenvalue weighted by molar-refractivity contribution is 0.102. The molecular weight excluding hydrogens is 314 g/mol. The van der Waals surface area contributed by atoms with Gasteiger partial charge in [0.15, 0.2) is 0 Å². The first kappa shape index (κ1) is 16.5. The van der Waals surface area contributed by atoms with E-state index in [1.165, 1.54) is 19.4 Å². The Morgan fingerprint density at radius 2 is 2.00 bits per heavy atom. The average Bonchev–Trinajstić information content (AvgIpc) is 2.54. The summed E-state index contributed by atoms with van der Waals surface area (Å²) in [5.41, 5.74) is 1.63. The zero-order valence-electron chi connectivity index (χ0n) is 12.6. The van der Waals surface area contributed by atoms with Gasteiger partial charge in [0, 0.05) is 11.9 Å². The Morgan fingerprint density at radius 1 is 1.26 bits per heavy atom. The van der Waals surface area contributed by atoms with Crippen molar-refractivity contribution in [2.24, 2.45) is 0 Å². The van der Waals surface area contributed by atoms with Gasteiger partial charge >= 0.3 is 0 Å². The van der Waals surface area contributed by atoms with E-state index in [9.17, 15) is 9.00 Å². The van der Waals surface area contributed by atoms with E-state index in [2.05, 4.69) is 10.0 Å². The van der Waals surface area contributed by atoms with Crippen LogP contribution in [0.25, 0.3) is 0 Å². The van der Waals surface area contributed by atoms with Crippen LogP contribution in [0, 0.1) is 11.3 Å². The third-order valence-corrected chi connectivity index (χ3v) is 3.51. The van der Waals surface area contributed by atoms with Gasteiger partial charge in [-0.1, -0.05) is 12.1 Å². The lowest BCUT2D eigenvalue weighted by atomic mass is 10.1. The Labute approximate surface area is 136 Å². The molecule has 118 valence electrons. The van der Waals surface area contributed by atoms with Crippen molar-refractivity contribution >= 4 is 28.3 Å². The number of carbonyl (C=O) groups excluding carboxylic acids is 1. The molecule has 0 fully saturated rings. The number of hydrogen-bond acceptors (Lipinski definition) is 4. The number of hydrogen-bond donors (Lipinski definition) is 2. The van der Waals surface area contributed by atoms with Crippen molar-refractivity contribution in [3.63, 3.8) is 0 Å². The fraction of sp³-hybridized carbons (Fsp3) is 0.125. The van der Waals surface area contributed by atoms with Gasteiger partial charge < -0.3 is 14.8 Å². The first-order valence-electron chi connectivity index (χ1n) is 6.63. The van der Waals surface area contributed by atoms with E-state index in [0.29, 0.717) is 28.3 Å². The van der Waals surface area contributed by atoms with Crippen LogP contribution < -0.4 is 14.8 Å². The zero-order chi connectivity index (χ0) is 16.8. The number of nitriles is 1. The van der Waals surface area contributed by atoms with E-state index in [-0.39, 0.29) is 5.91 Å². The van der Waals surface area contributed by atoms with E-state index < -0.39 is 11.0 Å². The molecule has 0 aliphatic rings. The van der Waals surface area contributed by atoms with Gasteiger partial charge in [-0.25, -0.2) is 4.21 Å². The van der Waals surface area contributed by atoms with E-state index in [0.717, 1.165) is 0 Å². The highest BCUT2D eigenvalue weighted by Crippen LogP contribution is 2.23. The van der Waals surface area contributed by atoms with Gasteiger partial charge in [-0.05, 0) is 30.3 Å². The van der Waals surface area contributed by atoms with Crippen LogP contribution in [-0.2, 0) is 11.0 Å². The molecule has 23 heavy (non-hydrogen) atoms. The zero-order valence-corrected chi connectivity index (χ0v) is 13.4. The number of rotatable bonds is 5. The Bertz CT molecular complexity index is 799. The molecule has 0 radical (unpaired) electrons. The number of amides is 1. The van der Waals surface area contributed by atoms with Gasteiger partial charge in [-0.15, -0.1) is 0 Å². The lowest BCUT2D eigenvalue weighted by Gasteiger charge is -2.11. The average molecular weight is 329 g/mol. The van der Waals surface area contributed by atoms with Crippen molar-refractivity contribution < 1.29 is 13.7 Å². The van der Waals surface area contributed by atoms with Crippen LogP contribution in [0.15, 0.2) is 42.5 Å². The van der Waals surface area contributed by atoms with E-state index in [1.807, 2.05) is 6.07 Å². The molecule has 0 aromatic heterocycles. The predicted molar refractivity (Wildman–Crippen MR) is 89.8 cm³/mol. The minimum Gasteiger partial charge on any atom is -0.495 e. The van der Waals surface area contributed by atoms with Crippen molar-refractivity contribution in [2.75, 3.05) is 23.4 Å². The van der Waals surface area contributed by atoms with Crippen molar-refractivity contribution in [2.45, 2.75) is 0 Å². The van der Waals surface area contributed by atoms with Crippen molar-refractivity contribution in [1.29, 1.82) is 5.26 Å². The first-order valence-corrected chi connectivity index (χ1v) is 8.19. The van der Waals surface area contributed by atoms with E-state index in [1.54, 1.807) is 36.4 Å². The first-order chi connectivity index (χ1) is 11.0. The molecule has 0 saturated heterocycles. The molecule has 0 spiro atoms. The summed E-state index contributed by atoms with van der Waals surface area (Å²) in [6.07, 6.45) is 1.48. The molecule has 2 aromatic carbocycles. The second kappa shape index (κ2) is 7.42. The summed E-state index contributed by atoms with van der Waals surface area (Å²) in [6, 6.07) is 13.6. The Kier molecular flexibility index (Phi) is 5.33. The number of para-hydroxylation sites is 1. The smallest absolute Gasteiger partial charge is 0.257 e. The number of anilines is 2. The maximum absolute atomic E-state index is 12.4. The van der Waals surface area contributed by atoms with Gasteiger partial charge in [0.05, 0.1) is 23.9 Å². The number of methoxy groups -OCH3 is 1. The summed E-state index contributed by atoms with van der Waals surface area (Å²) in [4.78, 5) is 12.4. The highest BCUT2D eigenvalue weighted by atomic mass is 32.2. The maximum atomic E-state index is 12.4. The number of nitrogens with one attached hydrogen (secondary N) is 2. The van der Waals surface area contributed by atoms with Gasteiger partial charge in [0.2, 0.25) is 0 Å². The standard InChI is InChI=1S/C16H15N3O3S/c1-22-15-8-7-12(9-11(15)10-17)18-16(20)13-5-3-4-6-14(13)19-23(2)21/h3-9,19H,1-2H3,(H,18,20). The Morgan fingerprint density at radius 3 is 2.65 bits per heavy atom. The molecule has 0 aliphatic heterocycles. The summed E-state index contributed by atoms with van der Waals surface area (Å²) < 4.78 is 19.1. The molecular formula is C16H15N3O3S. The molecule has 2 rings (SSSR count). The van der Waals surface area contributed by atoms with Crippen molar-refractivity contribution in [1.82, 2.24) is 0 Å². The summed E-state index contributed by atoms with van der Waals surface area (Å²) in [5, 5.41) is 11.8. The highest BCUT2D eigenvalue weighted by molar-refractivity contribution is 7.85. The third kappa shape index (κ3) is 4.08. The van der Waals surface area contributed by atoms with Crippen LogP contribution in [-0.4, -0.2) is 23.5 Å². The number of carbonyl (C=O) groups is 1. The van der Waals surface area contributed by atoms with Gasteiger partial charge in [0.1, 0.15) is 22.8 Å². The molecule has 6 nitrogen and oxygen atoms in total. The van der Waals surface area contributed by atoms with E-state index in [4.69, 9.17) is 10.00 Å². The van der Waals surface area contributed by atoms with Gasteiger partial charge in [-0.2, -0.15) is 5.26 Å². The summed E-state index contributed by atoms with van der Waals surface area (Å²) >= 11 is 0. The van der Waals surface area contributed by atoms with Gasteiger partial charge in [-0.3, -0.25) is 4.79 Å². The van der Waals surface area contributed by atoms with Crippen LogP contribution >= 0.6 is 0 Å². The summed E-state index contributed by atoms with van der Waals surface area (Å²) in [7, 11) is 0.185. The summed E-state index contributed by atoms with van der Waals surface area (Å²) in [5.74, 6) is 0.0709. The number of ether oxygens (including phenoxy) is 1. The van der Waals surface area contributed by atoms with E-state index >= 15 is 0 Å². The molecule has 0 bridgehead atoms. The molecule has 2 aromatic rings. The van der Waals surface area contributed by atoms with Crippen LogP contribution in [0.5, 0.6) is 5.75 Å². The minimum atomic E-state index is -1.29. The molecule has 7 heteroatoms. The Balaban J connectivity index is 2.26. The minimum absolute atomic E-state index is 0.325. The SMILES string of the molecule is COc1ccc(NC(=O)c2ccccc2NS(C)=O)cc1C#N. The molecule has 0 saturated carbocycles. The number of nitrogens with zero attached hydrogens (tertiary/aromatic N) is 1. The van der Waals surface area contributed by atoms with Crippen LogP contribution in [0.3, 0.4) is 0 Å². The largest absolute Gasteiger partial charge is 0.495 e. The van der Waals surface area contributed by atoms with Crippen LogP contribution in [0.2, 0.25) is 0 Å².